The molecular formula is C13H16. The highest BCUT2D eigenvalue weighted by Gasteiger charge is 2.55. The van der Waals surface area contributed by atoms with Gasteiger partial charge in [0.25, 0.3) is 0 Å². The summed E-state index contributed by atoms with van der Waals surface area (Å²) in [5, 5.41) is 0. The monoisotopic (exact) mass is 172 g/mol. The van der Waals surface area contributed by atoms with Crippen LogP contribution in [-0.2, 0) is 0 Å². The van der Waals surface area contributed by atoms with Crippen molar-refractivity contribution >= 4 is 0 Å². The molecule has 68 valence electrons. The fraction of sp³-hybridized carbons (Fsp3) is 0.538. The van der Waals surface area contributed by atoms with Crippen molar-refractivity contribution in [2.24, 2.45) is 10.8 Å². The van der Waals surface area contributed by atoms with Gasteiger partial charge in [-0.3, -0.25) is 0 Å². The Kier molecular flexibility index (Phi) is 1.27. The number of hydrogen-bond acceptors (Lipinski definition) is 0. The Bertz CT molecular complexity index is 332. The van der Waals surface area contributed by atoms with E-state index in [1.807, 2.05) is 0 Å². The van der Waals surface area contributed by atoms with E-state index in [4.69, 9.17) is 0 Å². The maximum absolute atomic E-state index is 2.45. The zero-order chi connectivity index (χ0) is 8.94. The van der Waals surface area contributed by atoms with Gasteiger partial charge in [-0.25, -0.2) is 0 Å². The summed E-state index contributed by atoms with van der Waals surface area (Å²) in [6.45, 7) is 2.30. The van der Waals surface area contributed by atoms with Crippen LogP contribution in [0, 0.1) is 10.8 Å². The highest BCUT2D eigenvalue weighted by Crippen LogP contribution is 2.64. The quantitative estimate of drug-likeness (QED) is 0.489. The van der Waals surface area contributed by atoms with Crippen LogP contribution < -0.4 is 0 Å². The second kappa shape index (κ2) is 2.17. The molecule has 0 heterocycles. The first-order valence-electron chi connectivity index (χ1n) is 5.36. The molecule has 0 bridgehead atoms. The molecule has 0 aromatic carbocycles. The minimum Gasteiger partial charge on any atom is -0.0764 e. The van der Waals surface area contributed by atoms with Gasteiger partial charge >= 0.3 is 0 Å². The summed E-state index contributed by atoms with van der Waals surface area (Å²) < 4.78 is 0. The molecule has 3 aliphatic rings. The van der Waals surface area contributed by atoms with E-state index < -0.39 is 0 Å². The maximum Gasteiger partial charge on any atom is 0.0217 e. The van der Waals surface area contributed by atoms with Crippen molar-refractivity contribution in [1.82, 2.24) is 0 Å². The summed E-state index contributed by atoms with van der Waals surface area (Å²) in [5.41, 5.74) is 2.46. The molecule has 3 aliphatic carbocycles. The first-order valence-corrected chi connectivity index (χ1v) is 5.36. The van der Waals surface area contributed by atoms with Crippen molar-refractivity contribution in [3.8, 4) is 0 Å². The highest BCUT2D eigenvalue weighted by atomic mass is 14.6. The Morgan fingerprint density at radius 2 is 1.92 bits per heavy atom. The molecule has 0 nitrogen and oxygen atoms in total. The Labute approximate surface area is 80.0 Å². The molecule has 13 heavy (non-hydrogen) atoms. The van der Waals surface area contributed by atoms with E-state index in [2.05, 4.69) is 37.3 Å². The average molecular weight is 172 g/mol. The van der Waals surface area contributed by atoms with E-state index in [0.29, 0.717) is 10.8 Å². The lowest BCUT2D eigenvalue weighted by Crippen LogP contribution is -2.48. The van der Waals surface area contributed by atoms with Crippen LogP contribution in [0.25, 0.3) is 0 Å². The third-order valence-corrected chi connectivity index (χ3v) is 4.35. The van der Waals surface area contributed by atoms with Crippen molar-refractivity contribution in [1.29, 1.82) is 0 Å². The molecular weight excluding hydrogens is 156 g/mol. The molecule has 0 unspecified atom stereocenters. The lowest BCUT2D eigenvalue weighted by Gasteiger charge is -2.58. The highest BCUT2D eigenvalue weighted by molar-refractivity contribution is 5.47. The molecule has 0 heteroatoms. The van der Waals surface area contributed by atoms with Crippen LogP contribution in [0.3, 0.4) is 0 Å². The van der Waals surface area contributed by atoms with Crippen molar-refractivity contribution in [3.05, 3.63) is 36.0 Å². The summed E-state index contributed by atoms with van der Waals surface area (Å²) in [5.74, 6) is 0. The first kappa shape index (κ1) is 7.61. The first-order chi connectivity index (χ1) is 6.29. The number of hydrogen-bond donors (Lipinski definition) is 0. The zero-order valence-corrected chi connectivity index (χ0v) is 8.22. The SMILES string of the molecule is CC1=CC=C[C@@]23C=C[C@]12CCCC3. The molecule has 0 aromatic heterocycles. The van der Waals surface area contributed by atoms with Crippen LogP contribution in [0.15, 0.2) is 36.0 Å². The maximum atomic E-state index is 2.45. The summed E-state index contributed by atoms with van der Waals surface area (Å²) in [6, 6.07) is 0. The average Bonchev–Trinajstić information content (AvgIpc) is 2.11. The van der Waals surface area contributed by atoms with Gasteiger partial charge in [0, 0.05) is 10.8 Å². The van der Waals surface area contributed by atoms with Crippen LogP contribution in [0.4, 0.5) is 0 Å². The van der Waals surface area contributed by atoms with Crippen LogP contribution in [0.1, 0.15) is 32.6 Å². The molecule has 0 N–H and O–H groups in total. The van der Waals surface area contributed by atoms with E-state index in [1.165, 1.54) is 25.7 Å². The van der Waals surface area contributed by atoms with Gasteiger partial charge in [-0.2, -0.15) is 0 Å². The van der Waals surface area contributed by atoms with Gasteiger partial charge in [0.2, 0.25) is 0 Å². The molecule has 0 aromatic rings. The summed E-state index contributed by atoms with van der Waals surface area (Å²) in [7, 11) is 0. The second-order valence-electron chi connectivity index (χ2n) is 4.76. The fourth-order valence-electron chi connectivity index (χ4n) is 3.44. The molecule has 0 saturated heterocycles. The van der Waals surface area contributed by atoms with Gasteiger partial charge < -0.3 is 0 Å². The summed E-state index contributed by atoms with van der Waals surface area (Å²) in [4.78, 5) is 0. The van der Waals surface area contributed by atoms with E-state index in [1.54, 1.807) is 5.57 Å². The molecule has 0 amide bonds. The molecule has 0 aliphatic heterocycles. The summed E-state index contributed by atoms with van der Waals surface area (Å²) >= 11 is 0. The van der Waals surface area contributed by atoms with Crippen LogP contribution in [0.2, 0.25) is 0 Å². The number of allylic oxidation sites excluding steroid dienone is 6. The van der Waals surface area contributed by atoms with E-state index >= 15 is 0 Å². The lowest BCUT2D eigenvalue weighted by atomic mass is 9.46. The van der Waals surface area contributed by atoms with Crippen LogP contribution >= 0.6 is 0 Å². The van der Waals surface area contributed by atoms with Crippen LogP contribution in [-0.4, -0.2) is 0 Å². The minimum absolute atomic E-state index is 0.435. The molecule has 2 atom stereocenters. The second-order valence-corrected chi connectivity index (χ2v) is 4.76. The van der Waals surface area contributed by atoms with Gasteiger partial charge in [-0.15, -0.1) is 0 Å². The lowest BCUT2D eigenvalue weighted by molar-refractivity contribution is 0.122. The van der Waals surface area contributed by atoms with Gasteiger partial charge in [-0.05, 0) is 19.8 Å². The largest absolute Gasteiger partial charge is 0.0764 e. The molecule has 1 fully saturated rings. The number of rotatable bonds is 0. The van der Waals surface area contributed by atoms with Crippen molar-refractivity contribution < 1.29 is 0 Å². The predicted molar refractivity (Wildman–Crippen MR) is 55.4 cm³/mol. The smallest absolute Gasteiger partial charge is 0.0217 e. The predicted octanol–water partition coefficient (Wildman–Crippen LogP) is 3.62. The Morgan fingerprint density at radius 1 is 1.08 bits per heavy atom. The normalized spacial score (nSPS) is 46.1. The fourth-order valence-corrected chi connectivity index (χ4v) is 3.44. The minimum atomic E-state index is 0.435. The van der Waals surface area contributed by atoms with Crippen LogP contribution in [0.5, 0.6) is 0 Å². The van der Waals surface area contributed by atoms with Gasteiger partial charge in [0.15, 0.2) is 0 Å². The molecule has 1 saturated carbocycles. The molecule has 0 radical (unpaired) electrons. The summed E-state index contributed by atoms with van der Waals surface area (Å²) in [6.07, 6.45) is 17.4. The van der Waals surface area contributed by atoms with E-state index in [-0.39, 0.29) is 0 Å². The Balaban J connectivity index is 2.15. The molecule has 0 spiro atoms. The topological polar surface area (TPSA) is 0 Å². The Morgan fingerprint density at radius 3 is 2.62 bits per heavy atom. The zero-order valence-electron chi connectivity index (χ0n) is 8.22. The third-order valence-electron chi connectivity index (χ3n) is 4.35. The molecule has 3 rings (SSSR count). The Hall–Kier alpha value is -0.780. The van der Waals surface area contributed by atoms with E-state index in [0.717, 1.165) is 0 Å². The standard InChI is InChI=1S/C13H16/c1-11-5-4-7-12-6-2-3-8-13(11,12)10-9-12/h4-5,7,9-10H,2-3,6,8H2,1H3/t12-,13+/m0/s1. The van der Waals surface area contributed by atoms with Crippen molar-refractivity contribution in [3.63, 3.8) is 0 Å². The van der Waals surface area contributed by atoms with Gasteiger partial charge in [-0.1, -0.05) is 48.8 Å². The van der Waals surface area contributed by atoms with E-state index in [9.17, 15) is 0 Å². The van der Waals surface area contributed by atoms with Crippen molar-refractivity contribution in [2.45, 2.75) is 32.6 Å². The van der Waals surface area contributed by atoms with Gasteiger partial charge in [0.1, 0.15) is 0 Å². The van der Waals surface area contributed by atoms with Crippen molar-refractivity contribution in [2.75, 3.05) is 0 Å². The van der Waals surface area contributed by atoms with Gasteiger partial charge in [0.05, 0.1) is 0 Å². The third kappa shape index (κ3) is 0.688.